The summed E-state index contributed by atoms with van der Waals surface area (Å²) in [7, 11) is 3.18. The number of nitrogens with zero attached hydrogens (tertiary/aromatic N) is 1. The van der Waals surface area contributed by atoms with E-state index in [0.717, 1.165) is 16.9 Å². The molecular weight excluding hydrogens is 527 g/mol. The van der Waals surface area contributed by atoms with Gasteiger partial charge in [-0.15, -0.1) is 11.3 Å². The summed E-state index contributed by atoms with van der Waals surface area (Å²) in [6, 6.07) is 22.2. The summed E-state index contributed by atoms with van der Waals surface area (Å²) >= 11 is 1.35. The maximum atomic E-state index is 14.1. The van der Waals surface area contributed by atoms with Crippen LogP contribution < -0.4 is 19.7 Å². The minimum absolute atomic E-state index is 0.0698. The summed E-state index contributed by atoms with van der Waals surface area (Å²) in [6.07, 6.45) is 0.800. The van der Waals surface area contributed by atoms with Crippen molar-refractivity contribution in [2.75, 3.05) is 24.4 Å². The number of para-hydroxylation sites is 2. The van der Waals surface area contributed by atoms with Crippen LogP contribution in [-0.2, 0) is 4.79 Å². The van der Waals surface area contributed by atoms with E-state index in [4.69, 9.17) is 9.47 Å². The number of halogens is 1. The molecule has 8 heteroatoms. The van der Waals surface area contributed by atoms with Gasteiger partial charge in [-0.1, -0.05) is 36.4 Å². The molecule has 0 bridgehead atoms. The smallest absolute Gasteiger partial charge is 0.269 e. The van der Waals surface area contributed by atoms with Crippen LogP contribution in [0.2, 0.25) is 0 Å². The first kappa shape index (κ1) is 25.8. The Morgan fingerprint density at radius 1 is 0.925 bits per heavy atom. The number of fused-ring (bicyclic) bond motifs is 1. The quantitative estimate of drug-likeness (QED) is 0.285. The van der Waals surface area contributed by atoms with Crippen molar-refractivity contribution >= 4 is 34.4 Å². The van der Waals surface area contributed by atoms with Crippen molar-refractivity contribution in [3.05, 3.63) is 117 Å². The molecule has 6 rings (SSSR count). The SMILES string of the molecule is COc1ccc([C@@H]2CC(=O)C3=C(C2)Nc2ccccc2N(C(=O)c2cccs2)[C@@H]3c2ccc(F)cc2)cc1OC. The number of rotatable bonds is 5. The Bertz CT molecular complexity index is 1610. The lowest BCUT2D eigenvalue weighted by atomic mass is 9.78. The van der Waals surface area contributed by atoms with Crippen LogP contribution in [0.3, 0.4) is 0 Å². The minimum atomic E-state index is -0.736. The molecule has 6 nitrogen and oxygen atoms in total. The van der Waals surface area contributed by atoms with Crippen LogP contribution in [0.25, 0.3) is 0 Å². The molecule has 1 aromatic heterocycles. The lowest BCUT2D eigenvalue weighted by molar-refractivity contribution is -0.116. The first-order valence-corrected chi connectivity index (χ1v) is 13.8. The van der Waals surface area contributed by atoms with Crippen LogP contribution in [-0.4, -0.2) is 25.9 Å². The number of amides is 1. The van der Waals surface area contributed by atoms with Gasteiger partial charge in [0.05, 0.1) is 36.5 Å². The van der Waals surface area contributed by atoms with Gasteiger partial charge in [-0.05, 0) is 71.3 Å². The van der Waals surface area contributed by atoms with Crippen molar-refractivity contribution < 1.29 is 23.5 Å². The van der Waals surface area contributed by atoms with E-state index in [0.29, 0.717) is 39.6 Å². The number of ketones is 1. The monoisotopic (exact) mass is 554 g/mol. The number of thiophene rings is 1. The Morgan fingerprint density at radius 2 is 1.68 bits per heavy atom. The Labute approximate surface area is 235 Å². The molecule has 1 aliphatic carbocycles. The van der Waals surface area contributed by atoms with E-state index in [1.165, 1.54) is 23.5 Å². The summed E-state index contributed by atoms with van der Waals surface area (Å²) in [6.45, 7) is 0. The van der Waals surface area contributed by atoms with Crippen LogP contribution in [0.15, 0.2) is 95.5 Å². The first-order valence-electron chi connectivity index (χ1n) is 12.9. The summed E-state index contributed by atoms with van der Waals surface area (Å²) < 4.78 is 24.9. The highest BCUT2D eigenvalue weighted by Gasteiger charge is 2.42. The molecule has 0 unspecified atom stereocenters. The molecular formula is C32H27FN2O4S. The molecule has 1 N–H and O–H groups in total. The van der Waals surface area contributed by atoms with Crippen molar-refractivity contribution in [2.24, 2.45) is 0 Å². The molecule has 40 heavy (non-hydrogen) atoms. The van der Waals surface area contributed by atoms with Crippen LogP contribution in [0.5, 0.6) is 11.5 Å². The number of carbonyl (C=O) groups excluding carboxylic acids is 2. The Kier molecular flexibility index (Phi) is 6.86. The fourth-order valence-corrected chi connectivity index (χ4v) is 6.30. The molecule has 1 aliphatic heterocycles. The zero-order valence-electron chi connectivity index (χ0n) is 22.0. The number of methoxy groups -OCH3 is 2. The third-order valence-electron chi connectivity index (χ3n) is 7.50. The minimum Gasteiger partial charge on any atom is -0.493 e. The van der Waals surface area contributed by atoms with E-state index in [2.05, 4.69) is 5.32 Å². The van der Waals surface area contributed by atoms with E-state index in [-0.39, 0.29) is 29.8 Å². The number of nitrogens with one attached hydrogen (secondary N) is 1. The standard InChI is InChI=1S/C32H27FN2O4S/c1-38-27-14-11-20(18-28(27)39-2)21-16-24-30(26(36)17-21)31(19-9-12-22(33)13-10-19)35(32(37)29-8-5-15-40-29)25-7-4-3-6-23(25)34-24/h3-15,18,21,31,34H,16-17H2,1-2H3/t21-,31+/m0/s1. The number of Topliss-reactive ketones (excluding diaryl/α,β-unsaturated/α-hetero) is 1. The molecule has 2 heterocycles. The van der Waals surface area contributed by atoms with Gasteiger partial charge in [-0.3, -0.25) is 14.5 Å². The van der Waals surface area contributed by atoms with Crippen molar-refractivity contribution in [1.29, 1.82) is 0 Å². The van der Waals surface area contributed by atoms with Crippen LogP contribution in [0, 0.1) is 5.82 Å². The lowest BCUT2D eigenvalue weighted by Crippen LogP contribution is -2.38. The van der Waals surface area contributed by atoms with Crippen LogP contribution in [0.4, 0.5) is 15.8 Å². The fraction of sp³-hybridized carbons (Fsp3) is 0.188. The van der Waals surface area contributed by atoms with Gasteiger partial charge in [0.1, 0.15) is 5.82 Å². The number of anilines is 2. The zero-order chi connectivity index (χ0) is 27.8. The summed E-state index contributed by atoms with van der Waals surface area (Å²) in [5.41, 5.74) is 4.27. The Balaban J connectivity index is 1.52. The second-order valence-corrected chi connectivity index (χ2v) is 10.7. The molecule has 0 radical (unpaired) electrons. The molecule has 2 aliphatic rings. The highest BCUT2D eigenvalue weighted by atomic mass is 32.1. The third-order valence-corrected chi connectivity index (χ3v) is 8.36. The van der Waals surface area contributed by atoms with Crippen LogP contribution in [0.1, 0.15) is 45.6 Å². The topological polar surface area (TPSA) is 67.9 Å². The summed E-state index contributed by atoms with van der Waals surface area (Å²) in [4.78, 5) is 30.5. The van der Waals surface area contributed by atoms with Gasteiger partial charge in [0.25, 0.3) is 5.91 Å². The highest BCUT2D eigenvalue weighted by molar-refractivity contribution is 7.12. The predicted octanol–water partition coefficient (Wildman–Crippen LogP) is 7.12. The van der Waals surface area contributed by atoms with E-state index in [1.807, 2.05) is 53.9 Å². The average Bonchev–Trinajstić information content (AvgIpc) is 3.47. The largest absolute Gasteiger partial charge is 0.493 e. The Morgan fingerprint density at radius 3 is 2.40 bits per heavy atom. The molecule has 4 aromatic rings. The van der Waals surface area contributed by atoms with E-state index in [9.17, 15) is 14.0 Å². The molecule has 2 atom stereocenters. The Hall–Kier alpha value is -4.43. The summed E-state index contributed by atoms with van der Waals surface area (Å²) in [5.74, 6) is 0.433. The molecule has 0 saturated heterocycles. The number of hydrogen-bond donors (Lipinski definition) is 1. The maximum Gasteiger partial charge on any atom is 0.269 e. The van der Waals surface area contributed by atoms with Gasteiger partial charge in [0, 0.05) is 17.7 Å². The normalized spacial score (nSPS) is 18.4. The van der Waals surface area contributed by atoms with E-state index >= 15 is 0 Å². The van der Waals surface area contributed by atoms with Gasteiger partial charge >= 0.3 is 0 Å². The van der Waals surface area contributed by atoms with Crippen molar-refractivity contribution in [3.8, 4) is 11.5 Å². The predicted molar refractivity (Wildman–Crippen MR) is 154 cm³/mol. The molecule has 0 fully saturated rings. The average molecular weight is 555 g/mol. The van der Waals surface area contributed by atoms with Gasteiger partial charge in [0.15, 0.2) is 17.3 Å². The zero-order valence-corrected chi connectivity index (χ0v) is 22.8. The van der Waals surface area contributed by atoms with E-state index in [1.54, 1.807) is 37.3 Å². The van der Waals surface area contributed by atoms with Crippen molar-refractivity contribution in [2.45, 2.75) is 24.8 Å². The number of ether oxygens (including phenoxy) is 2. The van der Waals surface area contributed by atoms with Crippen molar-refractivity contribution in [1.82, 2.24) is 0 Å². The molecule has 0 saturated carbocycles. The second-order valence-electron chi connectivity index (χ2n) is 9.78. The molecule has 3 aromatic carbocycles. The van der Waals surface area contributed by atoms with Gasteiger partial charge < -0.3 is 14.8 Å². The van der Waals surface area contributed by atoms with Gasteiger partial charge in [-0.25, -0.2) is 4.39 Å². The summed E-state index contributed by atoms with van der Waals surface area (Å²) in [5, 5.41) is 5.38. The van der Waals surface area contributed by atoms with Crippen molar-refractivity contribution in [3.63, 3.8) is 0 Å². The second kappa shape index (κ2) is 10.6. The molecule has 202 valence electrons. The third kappa shape index (κ3) is 4.54. The number of allylic oxidation sites excluding steroid dienone is 1. The maximum absolute atomic E-state index is 14.1. The number of hydrogen-bond acceptors (Lipinski definition) is 6. The van der Waals surface area contributed by atoms with Gasteiger partial charge in [0.2, 0.25) is 0 Å². The highest BCUT2D eigenvalue weighted by Crippen LogP contribution is 2.48. The number of carbonyl (C=O) groups is 2. The lowest BCUT2D eigenvalue weighted by Gasteiger charge is -2.35. The first-order chi connectivity index (χ1) is 19.5. The van der Waals surface area contributed by atoms with Crippen LogP contribution >= 0.6 is 11.3 Å². The molecule has 0 spiro atoms. The fourth-order valence-electron chi connectivity index (χ4n) is 5.64. The van der Waals surface area contributed by atoms with E-state index < -0.39 is 6.04 Å². The molecule has 1 amide bonds. The number of benzene rings is 3. The van der Waals surface area contributed by atoms with Gasteiger partial charge in [-0.2, -0.15) is 0 Å².